The molecule has 0 radical (unpaired) electrons. The van der Waals surface area contributed by atoms with Crippen LogP contribution in [-0.4, -0.2) is 33.8 Å². The molecule has 0 bridgehead atoms. The summed E-state index contributed by atoms with van der Waals surface area (Å²) in [5, 5.41) is 8.42. The van der Waals surface area contributed by atoms with E-state index in [-0.39, 0.29) is 12.4 Å². The number of carbonyl (C=O) groups is 2. The van der Waals surface area contributed by atoms with Crippen molar-refractivity contribution in [3.8, 4) is 0 Å². The first kappa shape index (κ1) is 27.8. The predicted octanol–water partition coefficient (Wildman–Crippen LogP) is 5.95. The highest BCUT2D eigenvalue weighted by atomic mass is 127. The Hall–Kier alpha value is -1.19. The fraction of sp³-hybridized carbons (Fsp3) is 0.364. The molecule has 0 saturated heterocycles. The molecule has 0 aliphatic rings. The lowest BCUT2D eigenvalue weighted by Gasteiger charge is -2.03. The fourth-order valence-electron chi connectivity index (χ4n) is 2.04. The van der Waals surface area contributed by atoms with Crippen LogP contribution in [0.4, 0.5) is 0 Å². The van der Waals surface area contributed by atoms with Gasteiger partial charge >= 0.3 is 11.9 Å². The van der Waals surface area contributed by atoms with E-state index in [1.807, 2.05) is 31.2 Å². The predicted molar refractivity (Wildman–Crippen MR) is 133 cm³/mol. The summed E-state index contributed by atoms with van der Waals surface area (Å²) in [6.45, 7) is 6.50. The minimum atomic E-state index is -0.808. The molecular formula is C22H29IO4S2. The third kappa shape index (κ3) is 15.3. The fourth-order valence-corrected chi connectivity index (χ4v) is 2.85. The molecule has 0 atom stereocenters. The van der Waals surface area contributed by atoms with Crippen molar-refractivity contribution in [2.45, 2.75) is 43.4 Å². The molecule has 1 N–H and O–H groups in total. The molecule has 0 unspecified atom stereocenters. The molecule has 4 nitrogen and oxygen atoms in total. The topological polar surface area (TPSA) is 63.6 Å². The van der Waals surface area contributed by atoms with Gasteiger partial charge in [0.1, 0.15) is 0 Å². The van der Waals surface area contributed by atoms with Crippen LogP contribution >= 0.6 is 47.0 Å². The van der Waals surface area contributed by atoms with Crippen molar-refractivity contribution < 1.29 is 19.4 Å². The number of rotatable bonds is 7. The number of halogens is 1. The second-order valence-electron chi connectivity index (χ2n) is 5.56. The minimum Gasteiger partial charge on any atom is -0.481 e. The van der Waals surface area contributed by atoms with E-state index >= 15 is 0 Å². The van der Waals surface area contributed by atoms with Gasteiger partial charge in [-0.15, -0.1) is 24.4 Å². The molecule has 0 aromatic heterocycles. The average Bonchev–Trinajstić information content (AvgIpc) is 2.66. The maximum atomic E-state index is 11.2. The summed E-state index contributed by atoms with van der Waals surface area (Å²) >= 11 is 8.16. The Morgan fingerprint density at radius 2 is 1.45 bits per heavy atom. The lowest BCUT2D eigenvalue weighted by atomic mass is 10.1. The zero-order chi connectivity index (χ0) is 22.1. The first-order chi connectivity index (χ1) is 13.9. The van der Waals surface area contributed by atoms with Crippen LogP contribution in [0.2, 0.25) is 0 Å². The van der Waals surface area contributed by atoms with Gasteiger partial charge in [-0.05, 0) is 52.5 Å². The van der Waals surface area contributed by atoms with E-state index in [0.717, 1.165) is 21.8 Å². The molecule has 0 heterocycles. The van der Waals surface area contributed by atoms with Gasteiger partial charge in [-0.3, -0.25) is 9.59 Å². The SMILES string of the molecule is CCI.CCOC(=O)Cc1ccc(SCC)cc1.O=C(O)Cc1ccc(S)cc1. The molecular weight excluding hydrogens is 519 g/mol. The van der Waals surface area contributed by atoms with Crippen LogP contribution in [0, 0.1) is 0 Å². The molecule has 2 aromatic rings. The van der Waals surface area contributed by atoms with Crippen LogP contribution in [0.25, 0.3) is 0 Å². The molecule has 0 fully saturated rings. The van der Waals surface area contributed by atoms with E-state index in [1.54, 1.807) is 36.0 Å². The number of hydrogen-bond donors (Lipinski definition) is 2. The summed E-state index contributed by atoms with van der Waals surface area (Å²) in [6.07, 6.45) is 0.443. The quantitative estimate of drug-likeness (QED) is 0.147. The maximum absolute atomic E-state index is 11.2. The number of alkyl halides is 1. The summed E-state index contributed by atoms with van der Waals surface area (Å²) in [5.41, 5.74) is 1.81. The second-order valence-corrected chi connectivity index (χ2v) is 8.94. The molecule has 160 valence electrons. The van der Waals surface area contributed by atoms with Gasteiger partial charge in [-0.25, -0.2) is 0 Å². The van der Waals surface area contributed by atoms with Crippen molar-refractivity contribution in [3.63, 3.8) is 0 Å². The number of carboxylic acids is 1. The number of ether oxygens (including phenoxy) is 1. The van der Waals surface area contributed by atoms with Gasteiger partial charge in [0.2, 0.25) is 0 Å². The molecule has 0 spiro atoms. The molecule has 2 aromatic carbocycles. The lowest BCUT2D eigenvalue weighted by Crippen LogP contribution is -2.07. The van der Waals surface area contributed by atoms with Gasteiger partial charge in [0.05, 0.1) is 19.4 Å². The Bertz CT molecular complexity index is 704. The number of aliphatic carboxylic acids is 1. The summed E-state index contributed by atoms with van der Waals surface area (Å²) in [7, 11) is 0. The maximum Gasteiger partial charge on any atom is 0.310 e. The number of thioether (sulfide) groups is 1. The highest BCUT2D eigenvalue weighted by Gasteiger charge is 2.03. The number of carboxylic acid groups (broad SMARTS) is 1. The van der Waals surface area contributed by atoms with Crippen LogP contribution in [-0.2, 0) is 27.2 Å². The van der Waals surface area contributed by atoms with Crippen molar-refractivity contribution in [1.82, 2.24) is 0 Å². The molecule has 0 aliphatic carbocycles. The van der Waals surface area contributed by atoms with E-state index in [1.165, 1.54) is 9.32 Å². The van der Waals surface area contributed by atoms with E-state index in [2.05, 4.69) is 49.1 Å². The third-order valence-electron chi connectivity index (χ3n) is 3.18. The number of esters is 1. The van der Waals surface area contributed by atoms with Gasteiger partial charge in [-0.1, -0.05) is 60.7 Å². The summed E-state index contributed by atoms with van der Waals surface area (Å²) in [5.74, 6) is 0.0994. The van der Waals surface area contributed by atoms with Crippen LogP contribution < -0.4 is 0 Å². The molecule has 7 heteroatoms. The monoisotopic (exact) mass is 548 g/mol. The Morgan fingerprint density at radius 3 is 1.90 bits per heavy atom. The van der Waals surface area contributed by atoms with Crippen molar-refractivity contribution in [2.24, 2.45) is 0 Å². The Labute approximate surface area is 197 Å². The average molecular weight is 549 g/mol. The number of carbonyl (C=O) groups excluding carboxylic acids is 1. The van der Waals surface area contributed by atoms with E-state index in [0.29, 0.717) is 13.0 Å². The molecule has 29 heavy (non-hydrogen) atoms. The summed E-state index contributed by atoms with van der Waals surface area (Å²) in [4.78, 5) is 23.5. The van der Waals surface area contributed by atoms with Crippen molar-refractivity contribution in [3.05, 3.63) is 59.7 Å². The van der Waals surface area contributed by atoms with Gasteiger partial charge in [0, 0.05) is 9.79 Å². The van der Waals surface area contributed by atoms with Crippen LogP contribution in [0.3, 0.4) is 0 Å². The van der Waals surface area contributed by atoms with Crippen LogP contribution in [0.5, 0.6) is 0 Å². The number of benzene rings is 2. The minimum absolute atomic E-state index is 0.0774. The van der Waals surface area contributed by atoms with Gasteiger partial charge < -0.3 is 9.84 Å². The van der Waals surface area contributed by atoms with E-state index in [4.69, 9.17) is 9.84 Å². The standard InChI is InChI=1S/C12H16O2S.C8H8O2S.C2H5I/c1-3-14-12(13)9-10-5-7-11(8-6-10)15-4-2;9-8(10)5-6-1-3-7(11)4-2-6;1-2-3/h5-8H,3-4,9H2,1-2H3;1-4,11H,5H2,(H,9,10);2H2,1H3. The molecule has 0 saturated carbocycles. The first-order valence-electron chi connectivity index (χ1n) is 9.29. The highest BCUT2D eigenvalue weighted by molar-refractivity contribution is 14.1. The normalized spacial score (nSPS) is 9.41. The van der Waals surface area contributed by atoms with Gasteiger partial charge in [0.25, 0.3) is 0 Å². The van der Waals surface area contributed by atoms with Gasteiger partial charge in [0.15, 0.2) is 0 Å². The van der Waals surface area contributed by atoms with Crippen molar-refractivity contribution in [2.75, 3.05) is 16.8 Å². The first-order valence-corrected chi connectivity index (χ1v) is 12.2. The van der Waals surface area contributed by atoms with Crippen LogP contribution in [0.15, 0.2) is 58.3 Å². The summed E-state index contributed by atoms with van der Waals surface area (Å²) in [6, 6.07) is 15.1. The van der Waals surface area contributed by atoms with Crippen molar-refractivity contribution in [1.29, 1.82) is 0 Å². The third-order valence-corrected chi connectivity index (χ3v) is 4.37. The highest BCUT2D eigenvalue weighted by Crippen LogP contribution is 2.18. The molecule has 2 rings (SSSR count). The number of hydrogen-bond acceptors (Lipinski definition) is 5. The van der Waals surface area contributed by atoms with Crippen LogP contribution in [0.1, 0.15) is 31.9 Å². The van der Waals surface area contributed by atoms with Gasteiger partial charge in [-0.2, -0.15) is 0 Å². The Balaban J connectivity index is 0.000000493. The smallest absolute Gasteiger partial charge is 0.310 e. The van der Waals surface area contributed by atoms with E-state index in [9.17, 15) is 9.59 Å². The molecule has 0 amide bonds. The molecule has 0 aliphatic heterocycles. The largest absolute Gasteiger partial charge is 0.481 e. The zero-order valence-corrected chi connectivity index (χ0v) is 20.9. The zero-order valence-electron chi connectivity index (χ0n) is 17.1. The summed E-state index contributed by atoms with van der Waals surface area (Å²) < 4.78 is 6.10. The number of thiol groups is 1. The Morgan fingerprint density at radius 1 is 0.966 bits per heavy atom. The lowest BCUT2D eigenvalue weighted by molar-refractivity contribution is -0.142. The Kier molecular flexibility index (Phi) is 16.9. The van der Waals surface area contributed by atoms with E-state index < -0.39 is 5.97 Å². The van der Waals surface area contributed by atoms with Crippen molar-refractivity contribution >= 4 is 58.9 Å². The second kappa shape index (κ2) is 17.7.